The van der Waals surface area contributed by atoms with E-state index in [0.717, 1.165) is 77.6 Å². The highest BCUT2D eigenvalue weighted by Crippen LogP contribution is 2.58. The molecule has 1 saturated heterocycles. The highest BCUT2D eigenvalue weighted by atomic mass is 15.3. The van der Waals surface area contributed by atoms with Gasteiger partial charge in [-0.25, -0.2) is 0 Å². The largest absolute Gasteiger partial charge is 0.368 e. The van der Waals surface area contributed by atoms with E-state index in [1.807, 2.05) is 5.70 Å². The van der Waals surface area contributed by atoms with Gasteiger partial charge in [0.1, 0.15) is 0 Å². The van der Waals surface area contributed by atoms with Crippen LogP contribution in [0.4, 0.5) is 0 Å². The van der Waals surface area contributed by atoms with Gasteiger partial charge < -0.3 is 4.90 Å². The second-order valence-corrected chi connectivity index (χ2v) is 18.8. The molecule has 0 N–H and O–H groups in total. The number of likely N-dealkylation sites (tertiary alicyclic amines) is 1. The molecular weight excluding hydrogens is 556 g/mol. The van der Waals surface area contributed by atoms with E-state index in [4.69, 9.17) is 0 Å². The van der Waals surface area contributed by atoms with E-state index in [-0.39, 0.29) is 0 Å². The predicted molar refractivity (Wildman–Crippen MR) is 192 cm³/mol. The van der Waals surface area contributed by atoms with E-state index in [0.29, 0.717) is 0 Å². The minimum Gasteiger partial charge on any atom is -0.368 e. The highest BCUT2D eigenvalue weighted by Gasteiger charge is 2.55. The molecule has 9 aliphatic rings. The first kappa shape index (κ1) is 31.2. The van der Waals surface area contributed by atoms with Crippen molar-refractivity contribution in [3.05, 3.63) is 23.9 Å². The number of allylic oxidation sites excluding steroid dienone is 3. The van der Waals surface area contributed by atoms with Gasteiger partial charge in [-0.1, -0.05) is 63.2 Å². The van der Waals surface area contributed by atoms with Crippen LogP contribution in [0.15, 0.2) is 23.9 Å². The maximum Gasteiger partial charge on any atom is 0.0356 e. The van der Waals surface area contributed by atoms with Crippen LogP contribution in [-0.4, -0.2) is 40.0 Å². The van der Waals surface area contributed by atoms with Gasteiger partial charge in [-0.15, -0.1) is 0 Å². The summed E-state index contributed by atoms with van der Waals surface area (Å²) in [5.74, 6) is 8.21. The Hall–Kier alpha value is -0.760. The molecular formula is C44H70N2. The fourth-order valence-electron chi connectivity index (χ4n) is 14.8. The van der Waals surface area contributed by atoms with Crippen LogP contribution in [0.3, 0.4) is 0 Å². The van der Waals surface area contributed by atoms with Crippen LogP contribution in [0.25, 0.3) is 0 Å². The van der Waals surface area contributed by atoms with Crippen molar-refractivity contribution in [3.8, 4) is 0 Å². The molecule has 256 valence electrons. The van der Waals surface area contributed by atoms with Gasteiger partial charge in [0.05, 0.1) is 0 Å². The lowest BCUT2D eigenvalue weighted by Crippen LogP contribution is -2.57. The van der Waals surface area contributed by atoms with Gasteiger partial charge in [0.15, 0.2) is 0 Å². The normalized spacial score (nSPS) is 46.6. The Morgan fingerprint density at radius 2 is 1.15 bits per heavy atom. The van der Waals surface area contributed by atoms with Crippen LogP contribution in [0, 0.1) is 47.3 Å². The molecule has 5 unspecified atom stereocenters. The molecule has 2 heteroatoms. The van der Waals surface area contributed by atoms with Crippen molar-refractivity contribution in [1.29, 1.82) is 0 Å². The number of rotatable bonds is 5. The molecule has 0 aromatic rings. The molecule has 8 aliphatic carbocycles. The number of fused-ring (bicyclic) bond motifs is 6. The minimum absolute atomic E-state index is 0.791. The summed E-state index contributed by atoms with van der Waals surface area (Å²) >= 11 is 0. The van der Waals surface area contributed by atoms with Crippen molar-refractivity contribution < 1.29 is 0 Å². The van der Waals surface area contributed by atoms with Crippen molar-refractivity contribution in [3.63, 3.8) is 0 Å². The first-order chi connectivity index (χ1) is 22.8. The average molecular weight is 627 g/mol. The van der Waals surface area contributed by atoms with E-state index in [1.165, 1.54) is 109 Å². The Balaban J connectivity index is 0.929. The Bertz CT molecular complexity index is 1080. The Morgan fingerprint density at radius 3 is 2.00 bits per heavy atom. The zero-order valence-corrected chi connectivity index (χ0v) is 29.7. The summed E-state index contributed by atoms with van der Waals surface area (Å²) in [6.45, 7) is 0. The van der Waals surface area contributed by atoms with Crippen LogP contribution in [-0.2, 0) is 0 Å². The predicted octanol–water partition coefficient (Wildman–Crippen LogP) is 11.5. The van der Waals surface area contributed by atoms with E-state index in [1.54, 1.807) is 64.2 Å². The molecule has 6 saturated carbocycles. The lowest BCUT2D eigenvalue weighted by atomic mass is 9.61. The van der Waals surface area contributed by atoms with Crippen molar-refractivity contribution in [2.75, 3.05) is 0 Å². The van der Waals surface area contributed by atoms with E-state index in [9.17, 15) is 0 Å². The molecule has 0 amide bonds. The molecule has 1 aliphatic heterocycles. The first-order valence-corrected chi connectivity index (χ1v) is 21.7. The SMILES string of the molecule is C1=CCC(N2C3=CCCC[C@H]3C3CC[C@H]4CC[C@@H](N(C5CCCCC5)C5CCC(C6CC[C@H]7CCCCC7C6)CC5)C[C@H]4C32)CC1. The average Bonchev–Trinajstić information content (AvgIpc) is 3.48. The topological polar surface area (TPSA) is 6.48 Å². The van der Waals surface area contributed by atoms with Gasteiger partial charge in [-0.3, -0.25) is 4.90 Å². The monoisotopic (exact) mass is 627 g/mol. The molecule has 10 atom stereocenters. The maximum absolute atomic E-state index is 3.34. The Morgan fingerprint density at radius 1 is 0.478 bits per heavy atom. The number of hydrogen-bond acceptors (Lipinski definition) is 2. The summed E-state index contributed by atoms with van der Waals surface area (Å²) in [6.07, 6.45) is 48.6. The van der Waals surface area contributed by atoms with Crippen LogP contribution in [0.2, 0.25) is 0 Å². The van der Waals surface area contributed by atoms with E-state index >= 15 is 0 Å². The summed E-state index contributed by atoms with van der Waals surface area (Å²) in [7, 11) is 0. The zero-order valence-electron chi connectivity index (χ0n) is 29.7. The molecule has 0 radical (unpaired) electrons. The van der Waals surface area contributed by atoms with Crippen molar-refractivity contribution >= 4 is 0 Å². The Labute approximate surface area is 284 Å². The first-order valence-electron chi connectivity index (χ1n) is 21.7. The van der Waals surface area contributed by atoms with Crippen molar-refractivity contribution in [1.82, 2.24) is 9.80 Å². The van der Waals surface area contributed by atoms with Gasteiger partial charge >= 0.3 is 0 Å². The van der Waals surface area contributed by atoms with Crippen LogP contribution < -0.4 is 0 Å². The second kappa shape index (κ2) is 13.9. The maximum atomic E-state index is 3.34. The molecule has 0 bridgehead atoms. The molecule has 0 aromatic carbocycles. The molecule has 2 nitrogen and oxygen atoms in total. The number of nitrogens with zero attached hydrogens (tertiary/aromatic N) is 2. The molecule has 1 heterocycles. The quantitative estimate of drug-likeness (QED) is 0.280. The van der Waals surface area contributed by atoms with Crippen LogP contribution >= 0.6 is 0 Å². The number of hydrogen-bond donors (Lipinski definition) is 0. The Kier molecular flexibility index (Phi) is 9.42. The zero-order chi connectivity index (χ0) is 30.5. The molecule has 0 aromatic heterocycles. The van der Waals surface area contributed by atoms with Gasteiger partial charge in [-0.05, 0) is 170 Å². The second-order valence-electron chi connectivity index (χ2n) is 18.8. The third-order valence-corrected chi connectivity index (χ3v) is 16.8. The summed E-state index contributed by atoms with van der Waals surface area (Å²) in [6, 6.07) is 4.35. The lowest BCUT2D eigenvalue weighted by Gasteiger charge is -2.55. The summed E-state index contributed by atoms with van der Waals surface area (Å²) in [5, 5.41) is 0. The molecule has 46 heavy (non-hydrogen) atoms. The fraction of sp³-hybridized carbons (Fsp3) is 0.909. The van der Waals surface area contributed by atoms with Gasteiger partial charge in [-0.2, -0.15) is 0 Å². The fourth-order valence-corrected chi connectivity index (χ4v) is 14.8. The van der Waals surface area contributed by atoms with E-state index < -0.39 is 0 Å². The standard InChI is InChI=1S/C44H70N2/c1-3-13-36(14-4-1)45(38-25-21-32(22-26-38)35-20-19-31-11-7-8-12-34(31)29-35)39-27-23-33-24-28-41-40-17-9-10-18-43(40)46(44(41)42(33)30-39)37-15-5-2-6-16-37/h2,5,18,31-42,44H,1,3-4,6-17,19-30H2/t31-,32?,33-,34?,35?,37?,38?,39-,40+,41?,42-,44?/m1/s1. The molecule has 9 rings (SSSR count). The van der Waals surface area contributed by atoms with Gasteiger partial charge in [0.25, 0.3) is 0 Å². The minimum atomic E-state index is 0.791. The summed E-state index contributed by atoms with van der Waals surface area (Å²) in [4.78, 5) is 6.51. The third kappa shape index (κ3) is 5.91. The molecule has 0 spiro atoms. The summed E-state index contributed by atoms with van der Waals surface area (Å²) in [5.41, 5.74) is 1.86. The van der Waals surface area contributed by atoms with Gasteiger partial charge in [0, 0.05) is 41.8 Å². The summed E-state index contributed by atoms with van der Waals surface area (Å²) < 4.78 is 0. The highest BCUT2D eigenvalue weighted by molar-refractivity contribution is 5.24. The van der Waals surface area contributed by atoms with Crippen LogP contribution in [0.5, 0.6) is 0 Å². The smallest absolute Gasteiger partial charge is 0.0356 e. The molecule has 7 fully saturated rings. The lowest BCUT2D eigenvalue weighted by molar-refractivity contribution is -0.0434. The van der Waals surface area contributed by atoms with Crippen LogP contribution in [0.1, 0.15) is 173 Å². The van der Waals surface area contributed by atoms with Crippen molar-refractivity contribution in [2.24, 2.45) is 47.3 Å². The van der Waals surface area contributed by atoms with Gasteiger partial charge in [0.2, 0.25) is 0 Å². The van der Waals surface area contributed by atoms with Crippen molar-refractivity contribution in [2.45, 2.75) is 204 Å². The third-order valence-electron chi connectivity index (χ3n) is 16.8. The van der Waals surface area contributed by atoms with E-state index in [2.05, 4.69) is 28.0 Å².